The molecule has 0 N–H and O–H groups in total. The second kappa shape index (κ2) is 6.10. The van der Waals surface area contributed by atoms with Crippen molar-refractivity contribution in [2.24, 2.45) is 0 Å². The van der Waals surface area contributed by atoms with Crippen molar-refractivity contribution in [3.05, 3.63) is 48.7 Å². The topological polar surface area (TPSA) is 82.3 Å². The van der Waals surface area contributed by atoms with E-state index in [0.717, 1.165) is 0 Å². The van der Waals surface area contributed by atoms with Crippen molar-refractivity contribution in [1.82, 2.24) is 4.98 Å². The summed E-state index contributed by atoms with van der Waals surface area (Å²) >= 11 is 4.53. The fraction of sp³-hybridized carbons (Fsp3) is 0.167. The second-order valence-electron chi connectivity index (χ2n) is 3.84. The van der Waals surface area contributed by atoms with E-state index in [1.165, 1.54) is 17.4 Å². The zero-order chi connectivity index (χ0) is 14.7. The number of nitro groups is 1. The third-order valence-electron chi connectivity index (χ3n) is 2.38. The van der Waals surface area contributed by atoms with E-state index in [0.29, 0.717) is 15.0 Å². The van der Waals surface area contributed by atoms with Crippen LogP contribution in [-0.2, 0) is 0 Å². The molecule has 8 heteroatoms. The molecule has 0 bridgehead atoms. The number of Topliss-reactive ketones (excluding diaryl/α,β-unsaturated/α-hetero) is 1. The minimum atomic E-state index is -0.631. The van der Waals surface area contributed by atoms with Crippen molar-refractivity contribution in [1.29, 1.82) is 0 Å². The average molecular weight is 357 g/mol. The van der Waals surface area contributed by atoms with Gasteiger partial charge in [0.2, 0.25) is 11.5 Å². The van der Waals surface area contributed by atoms with Gasteiger partial charge in [-0.05, 0) is 49.4 Å². The van der Waals surface area contributed by atoms with E-state index < -0.39 is 4.92 Å². The molecule has 6 nitrogen and oxygen atoms in total. The number of carbonyl (C=O) groups excluding carboxylic acids is 1. The van der Waals surface area contributed by atoms with Crippen molar-refractivity contribution >= 4 is 38.9 Å². The van der Waals surface area contributed by atoms with Crippen molar-refractivity contribution in [2.75, 3.05) is 6.61 Å². The molecule has 0 amide bonds. The largest absolute Gasteiger partial charge is 0.477 e. The van der Waals surface area contributed by atoms with Crippen LogP contribution in [-0.4, -0.2) is 22.3 Å². The van der Waals surface area contributed by atoms with Crippen LogP contribution in [0.2, 0.25) is 0 Å². The number of halogens is 1. The number of hydrogen-bond donors (Lipinski definition) is 0. The molecule has 2 heterocycles. The predicted octanol–water partition coefficient (Wildman–Crippen LogP) is 3.38. The summed E-state index contributed by atoms with van der Waals surface area (Å²) in [6.45, 7) is 1.37. The minimum Gasteiger partial charge on any atom is -0.477 e. The Morgan fingerprint density at radius 1 is 1.50 bits per heavy atom. The number of ether oxygens (including phenoxy) is 1. The normalized spacial score (nSPS) is 10.3. The number of carbonyl (C=O) groups is 1. The molecule has 20 heavy (non-hydrogen) atoms. The van der Waals surface area contributed by atoms with Gasteiger partial charge in [0.05, 0.1) is 4.88 Å². The molecule has 2 aromatic heterocycles. The zero-order valence-corrected chi connectivity index (χ0v) is 12.7. The van der Waals surface area contributed by atoms with Gasteiger partial charge in [0.15, 0.2) is 6.61 Å². The van der Waals surface area contributed by atoms with Crippen molar-refractivity contribution in [3.8, 4) is 5.75 Å². The molecule has 0 spiro atoms. The van der Waals surface area contributed by atoms with Crippen LogP contribution in [0.3, 0.4) is 0 Å². The highest BCUT2D eigenvalue weighted by Crippen LogP contribution is 2.26. The average Bonchev–Trinajstić information content (AvgIpc) is 2.83. The summed E-state index contributed by atoms with van der Waals surface area (Å²) in [6, 6.07) is 4.79. The zero-order valence-electron chi connectivity index (χ0n) is 10.3. The highest BCUT2D eigenvalue weighted by molar-refractivity contribution is 9.10. The SMILES string of the molecule is Cc1ccc(OCC(=O)c2sccc2Br)c([N+](=O)[O-])n1. The molecule has 0 saturated carbocycles. The maximum absolute atomic E-state index is 11.9. The Kier molecular flexibility index (Phi) is 4.46. The molecule has 2 rings (SSSR count). The van der Waals surface area contributed by atoms with Gasteiger partial charge in [-0.25, -0.2) is 0 Å². The third-order valence-corrected chi connectivity index (χ3v) is 4.26. The molecule has 0 aliphatic heterocycles. The van der Waals surface area contributed by atoms with E-state index in [1.807, 2.05) is 0 Å². The Morgan fingerprint density at radius 2 is 2.25 bits per heavy atom. The number of aryl methyl sites for hydroxylation is 1. The number of ketones is 1. The Bertz CT molecular complexity index is 671. The van der Waals surface area contributed by atoms with Crippen molar-refractivity contribution < 1.29 is 14.5 Å². The van der Waals surface area contributed by atoms with E-state index >= 15 is 0 Å². The summed E-state index contributed by atoms with van der Waals surface area (Å²) < 4.78 is 5.91. The molecule has 0 unspecified atom stereocenters. The summed E-state index contributed by atoms with van der Waals surface area (Å²) in [4.78, 5) is 26.5. The van der Waals surface area contributed by atoms with Crippen LogP contribution in [0, 0.1) is 17.0 Å². The lowest BCUT2D eigenvalue weighted by atomic mass is 10.3. The summed E-state index contributed by atoms with van der Waals surface area (Å²) in [5, 5.41) is 12.6. The van der Waals surface area contributed by atoms with Gasteiger partial charge in [0.25, 0.3) is 0 Å². The van der Waals surface area contributed by atoms with E-state index in [9.17, 15) is 14.9 Å². The van der Waals surface area contributed by atoms with Gasteiger partial charge in [-0.15, -0.1) is 11.3 Å². The Morgan fingerprint density at radius 3 is 2.85 bits per heavy atom. The number of hydrogen-bond acceptors (Lipinski definition) is 6. The highest BCUT2D eigenvalue weighted by atomic mass is 79.9. The van der Waals surface area contributed by atoms with Gasteiger partial charge in [-0.2, -0.15) is 0 Å². The molecule has 0 aliphatic rings. The van der Waals surface area contributed by atoms with Gasteiger partial charge in [-0.1, -0.05) is 0 Å². The fourth-order valence-electron chi connectivity index (χ4n) is 1.48. The molecule has 2 aromatic rings. The van der Waals surface area contributed by atoms with Gasteiger partial charge < -0.3 is 14.9 Å². The Labute approximate surface area is 126 Å². The van der Waals surface area contributed by atoms with Gasteiger partial charge >= 0.3 is 5.82 Å². The van der Waals surface area contributed by atoms with Crippen LogP contribution in [0.15, 0.2) is 28.1 Å². The second-order valence-corrected chi connectivity index (χ2v) is 5.61. The number of pyridine rings is 1. The lowest BCUT2D eigenvalue weighted by Gasteiger charge is -2.05. The van der Waals surface area contributed by atoms with Gasteiger partial charge in [0.1, 0.15) is 5.69 Å². The fourth-order valence-corrected chi connectivity index (χ4v) is 3.00. The molecule has 0 atom stereocenters. The quantitative estimate of drug-likeness (QED) is 0.465. The summed E-state index contributed by atoms with van der Waals surface area (Å²) in [5.74, 6) is -0.647. The van der Waals surface area contributed by atoms with E-state index in [1.54, 1.807) is 24.4 Å². The number of aromatic nitrogens is 1. The lowest BCUT2D eigenvalue weighted by molar-refractivity contribution is -0.390. The van der Waals surface area contributed by atoms with Crippen LogP contribution in [0.4, 0.5) is 5.82 Å². The summed E-state index contributed by atoms with van der Waals surface area (Å²) in [7, 11) is 0. The lowest BCUT2D eigenvalue weighted by Crippen LogP contribution is -2.12. The van der Waals surface area contributed by atoms with Crippen LogP contribution >= 0.6 is 27.3 Å². The molecule has 104 valence electrons. The molecule has 0 aliphatic carbocycles. The number of thiophene rings is 1. The first-order valence-corrected chi connectivity index (χ1v) is 7.17. The third kappa shape index (κ3) is 3.20. The molecular formula is C12H9BrN2O4S. The maximum Gasteiger partial charge on any atom is 0.406 e. The molecule has 0 aromatic carbocycles. The van der Waals surface area contributed by atoms with Crippen LogP contribution < -0.4 is 4.74 Å². The molecule has 0 saturated heterocycles. The first-order valence-electron chi connectivity index (χ1n) is 5.50. The number of rotatable bonds is 5. The standard InChI is InChI=1S/C12H9BrN2O4S/c1-7-2-3-10(12(14-7)15(17)18)19-6-9(16)11-8(13)4-5-20-11/h2-5H,6H2,1H3. The van der Waals surface area contributed by atoms with Crippen LogP contribution in [0.1, 0.15) is 15.4 Å². The Balaban J connectivity index is 2.14. The van der Waals surface area contributed by atoms with Crippen molar-refractivity contribution in [3.63, 3.8) is 0 Å². The smallest absolute Gasteiger partial charge is 0.406 e. The molecular weight excluding hydrogens is 348 g/mol. The monoisotopic (exact) mass is 356 g/mol. The summed E-state index contributed by atoms with van der Waals surface area (Å²) in [5.41, 5.74) is 0.511. The van der Waals surface area contributed by atoms with E-state index in [4.69, 9.17) is 4.74 Å². The van der Waals surface area contributed by atoms with E-state index in [2.05, 4.69) is 20.9 Å². The molecule has 0 fully saturated rings. The van der Waals surface area contributed by atoms with Crippen molar-refractivity contribution in [2.45, 2.75) is 6.92 Å². The maximum atomic E-state index is 11.9. The van der Waals surface area contributed by atoms with Crippen LogP contribution in [0.5, 0.6) is 5.75 Å². The Hall–Kier alpha value is -1.80. The first kappa shape index (κ1) is 14.6. The van der Waals surface area contributed by atoms with Gasteiger partial charge in [-0.3, -0.25) is 4.79 Å². The number of nitrogens with zero attached hydrogens (tertiary/aromatic N) is 2. The summed E-state index contributed by atoms with van der Waals surface area (Å²) in [6.07, 6.45) is 0. The van der Waals surface area contributed by atoms with E-state index in [-0.39, 0.29) is 24.0 Å². The highest BCUT2D eigenvalue weighted by Gasteiger charge is 2.19. The molecule has 0 radical (unpaired) electrons. The van der Waals surface area contributed by atoms with Gasteiger partial charge in [0, 0.05) is 11.4 Å². The predicted molar refractivity (Wildman–Crippen MR) is 77.5 cm³/mol. The van der Waals surface area contributed by atoms with Crippen LogP contribution in [0.25, 0.3) is 0 Å². The minimum absolute atomic E-state index is 0.0124. The first-order chi connectivity index (χ1) is 9.49.